The van der Waals surface area contributed by atoms with Gasteiger partial charge in [-0.2, -0.15) is 0 Å². The largest absolute Gasteiger partial charge is 0.354 e. The van der Waals surface area contributed by atoms with Crippen LogP contribution in [0.4, 0.5) is 5.69 Å². The highest BCUT2D eigenvalue weighted by Gasteiger charge is 2.21. The Kier molecular flexibility index (Phi) is 7.04. The predicted octanol–water partition coefficient (Wildman–Crippen LogP) is 1.31. The molecule has 20 heavy (non-hydrogen) atoms. The van der Waals surface area contributed by atoms with Crippen LogP contribution in [-0.4, -0.2) is 30.9 Å². The van der Waals surface area contributed by atoms with Crippen molar-refractivity contribution in [3.8, 4) is 0 Å². The summed E-state index contributed by atoms with van der Waals surface area (Å²) in [4.78, 5) is 23.3. The van der Waals surface area contributed by atoms with Crippen LogP contribution in [0.5, 0.6) is 0 Å². The first-order valence-electron chi connectivity index (χ1n) is 6.62. The monoisotopic (exact) mass is 297 g/mol. The molecule has 0 bridgehead atoms. The Bertz CT molecular complexity index is 433. The minimum absolute atomic E-state index is 0. The smallest absolute Gasteiger partial charge is 0.237 e. The second kappa shape index (κ2) is 8.55. The lowest BCUT2D eigenvalue weighted by molar-refractivity contribution is -0.122. The zero-order valence-corrected chi connectivity index (χ0v) is 12.0. The number of carbonyl (C=O) groups is 2. The van der Waals surface area contributed by atoms with E-state index in [1.54, 1.807) is 0 Å². The van der Waals surface area contributed by atoms with Crippen LogP contribution in [0, 0.1) is 0 Å². The van der Waals surface area contributed by atoms with Crippen molar-refractivity contribution in [1.82, 2.24) is 10.6 Å². The first kappa shape index (κ1) is 16.5. The number of para-hydroxylation sites is 1. The van der Waals surface area contributed by atoms with Gasteiger partial charge in [-0.1, -0.05) is 18.2 Å². The van der Waals surface area contributed by atoms with Gasteiger partial charge in [0.1, 0.15) is 0 Å². The molecule has 1 fully saturated rings. The summed E-state index contributed by atoms with van der Waals surface area (Å²) in [5.74, 6) is -0.101. The third kappa shape index (κ3) is 5.19. The Balaban J connectivity index is 0.00000200. The highest BCUT2D eigenvalue weighted by molar-refractivity contribution is 5.91. The minimum Gasteiger partial charge on any atom is -0.354 e. The number of hydrogen-bond acceptors (Lipinski definition) is 3. The third-order valence-corrected chi connectivity index (χ3v) is 3.09. The highest BCUT2D eigenvalue weighted by Crippen LogP contribution is 2.06. The molecule has 1 unspecified atom stereocenters. The number of anilines is 1. The fourth-order valence-corrected chi connectivity index (χ4v) is 2.08. The summed E-state index contributed by atoms with van der Waals surface area (Å²) in [6.45, 7) is 1.27. The lowest BCUT2D eigenvalue weighted by Crippen LogP contribution is -2.41. The minimum atomic E-state index is -0.0918. The van der Waals surface area contributed by atoms with Gasteiger partial charge in [0.2, 0.25) is 11.8 Å². The van der Waals surface area contributed by atoms with Crippen LogP contribution >= 0.6 is 12.4 Å². The van der Waals surface area contributed by atoms with E-state index in [-0.39, 0.29) is 36.7 Å². The van der Waals surface area contributed by atoms with Crippen LogP contribution in [-0.2, 0) is 9.59 Å². The molecule has 1 aliphatic heterocycles. The Labute approximate surface area is 124 Å². The summed E-state index contributed by atoms with van der Waals surface area (Å²) in [6, 6.07) is 9.20. The van der Waals surface area contributed by atoms with Gasteiger partial charge in [0.15, 0.2) is 0 Å². The molecule has 1 aliphatic rings. The van der Waals surface area contributed by atoms with Crippen molar-refractivity contribution in [3.63, 3.8) is 0 Å². The third-order valence-electron chi connectivity index (χ3n) is 3.09. The Morgan fingerprint density at radius 2 is 2.00 bits per heavy atom. The normalized spacial score (nSPS) is 17.1. The maximum atomic E-state index is 11.7. The molecule has 0 radical (unpaired) electrons. The van der Waals surface area contributed by atoms with Gasteiger partial charge in [0, 0.05) is 18.7 Å². The standard InChI is InChI=1S/C14H19N3O2.ClH/c18-13(17-11-5-2-1-3-6-11)8-10-16-14(19)12-7-4-9-15-12;/h1-3,5-6,12,15H,4,7-10H2,(H,16,19)(H,17,18);1H. The van der Waals surface area contributed by atoms with E-state index in [0.717, 1.165) is 25.1 Å². The zero-order valence-electron chi connectivity index (χ0n) is 11.2. The predicted molar refractivity (Wildman–Crippen MR) is 81.0 cm³/mol. The van der Waals surface area contributed by atoms with Gasteiger partial charge in [-0.15, -0.1) is 12.4 Å². The van der Waals surface area contributed by atoms with Crippen LogP contribution in [0.3, 0.4) is 0 Å². The summed E-state index contributed by atoms with van der Waals surface area (Å²) in [5.41, 5.74) is 0.774. The van der Waals surface area contributed by atoms with Gasteiger partial charge in [0.25, 0.3) is 0 Å². The van der Waals surface area contributed by atoms with Crippen molar-refractivity contribution in [2.75, 3.05) is 18.4 Å². The van der Waals surface area contributed by atoms with Crippen molar-refractivity contribution in [1.29, 1.82) is 0 Å². The van der Waals surface area contributed by atoms with Crippen LogP contribution < -0.4 is 16.0 Å². The van der Waals surface area contributed by atoms with Crippen molar-refractivity contribution in [2.45, 2.75) is 25.3 Å². The van der Waals surface area contributed by atoms with Crippen LogP contribution in [0.15, 0.2) is 30.3 Å². The number of benzene rings is 1. The second-order valence-electron chi connectivity index (χ2n) is 4.60. The molecule has 110 valence electrons. The molecule has 3 N–H and O–H groups in total. The summed E-state index contributed by atoms with van der Waals surface area (Å²) < 4.78 is 0. The maximum absolute atomic E-state index is 11.7. The summed E-state index contributed by atoms with van der Waals surface area (Å²) >= 11 is 0. The maximum Gasteiger partial charge on any atom is 0.237 e. The van der Waals surface area contributed by atoms with Gasteiger partial charge in [0.05, 0.1) is 6.04 Å². The molecule has 2 rings (SSSR count). The first-order valence-corrected chi connectivity index (χ1v) is 6.62. The van der Waals surface area contributed by atoms with Crippen molar-refractivity contribution >= 4 is 29.9 Å². The van der Waals surface area contributed by atoms with E-state index >= 15 is 0 Å². The Hall–Kier alpha value is -1.59. The average Bonchev–Trinajstić information content (AvgIpc) is 2.93. The van der Waals surface area contributed by atoms with Crippen molar-refractivity contribution < 1.29 is 9.59 Å². The Morgan fingerprint density at radius 3 is 2.65 bits per heavy atom. The van der Waals surface area contributed by atoms with Crippen LogP contribution in [0.2, 0.25) is 0 Å². The van der Waals surface area contributed by atoms with E-state index in [9.17, 15) is 9.59 Å². The van der Waals surface area contributed by atoms with E-state index < -0.39 is 0 Å². The van der Waals surface area contributed by atoms with Gasteiger partial charge in [-0.25, -0.2) is 0 Å². The quantitative estimate of drug-likeness (QED) is 0.767. The average molecular weight is 298 g/mol. The lowest BCUT2D eigenvalue weighted by atomic mass is 10.2. The summed E-state index contributed by atoms with van der Waals surface area (Å²) in [6.07, 6.45) is 2.20. The van der Waals surface area contributed by atoms with Gasteiger partial charge in [-0.05, 0) is 31.5 Å². The lowest BCUT2D eigenvalue weighted by Gasteiger charge is -2.11. The molecule has 0 aromatic heterocycles. The number of carbonyl (C=O) groups excluding carboxylic acids is 2. The molecular weight excluding hydrogens is 278 g/mol. The molecule has 0 aliphatic carbocycles. The zero-order chi connectivity index (χ0) is 13.5. The Morgan fingerprint density at radius 1 is 1.25 bits per heavy atom. The molecule has 1 aromatic carbocycles. The SMILES string of the molecule is Cl.O=C(CCNC(=O)C1CCCN1)Nc1ccccc1. The number of halogens is 1. The molecule has 0 spiro atoms. The summed E-state index contributed by atoms with van der Waals surface area (Å²) in [5, 5.41) is 8.68. The van der Waals surface area contributed by atoms with Gasteiger partial charge in [-0.3, -0.25) is 9.59 Å². The molecule has 6 heteroatoms. The molecule has 1 atom stereocenters. The van der Waals surface area contributed by atoms with Gasteiger partial charge >= 0.3 is 0 Å². The summed E-state index contributed by atoms with van der Waals surface area (Å²) in [7, 11) is 0. The van der Waals surface area contributed by atoms with E-state index in [1.165, 1.54) is 0 Å². The second-order valence-corrected chi connectivity index (χ2v) is 4.60. The van der Waals surface area contributed by atoms with E-state index in [2.05, 4.69) is 16.0 Å². The molecule has 2 amide bonds. The van der Waals surface area contributed by atoms with Crippen LogP contribution in [0.1, 0.15) is 19.3 Å². The van der Waals surface area contributed by atoms with E-state index in [0.29, 0.717) is 6.54 Å². The molecule has 1 aromatic rings. The fourth-order valence-electron chi connectivity index (χ4n) is 2.08. The molecule has 0 saturated carbocycles. The van der Waals surface area contributed by atoms with Crippen LogP contribution in [0.25, 0.3) is 0 Å². The number of amides is 2. The molecule has 1 saturated heterocycles. The number of hydrogen-bond donors (Lipinski definition) is 3. The van der Waals surface area contributed by atoms with E-state index in [1.807, 2.05) is 30.3 Å². The highest BCUT2D eigenvalue weighted by atomic mass is 35.5. The van der Waals surface area contributed by atoms with E-state index in [4.69, 9.17) is 0 Å². The van der Waals surface area contributed by atoms with Crippen molar-refractivity contribution in [2.24, 2.45) is 0 Å². The van der Waals surface area contributed by atoms with Gasteiger partial charge < -0.3 is 16.0 Å². The number of nitrogens with one attached hydrogen (secondary N) is 3. The number of rotatable bonds is 5. The molecule has 1 heterocycles. The first-order chi connectivity index (χ1) is 9.25. The topological polar surface area (TPSA) is 70.2 Å². The molecular formula is C14H20ClN3O2. The fraction of sp³-hybridized carbons (Fsp3) is 0.429. The van der Waals surface area contributed by atoms with Crippen molar-refractivity contribution in [3.05, 3.63) is 30.3 Å². The molecule has 5 nitrogen and oxygen atoms in total.